The normalized spacial score (nSPS) is 50.6. The lowest BCUT2D eigenvalue weighted by Crippen LogP contribution is -2.45. The number of fused-ring (bicyclic) bond motifs is 1. The van der Waals surface area contributed by atoms with Crippen LogP contribution in [-0.4, -0.2) is 23.3 Å². The molecule has 19 heavy (non-hydrogen) atoms. The molecule has 0 aromatic carbocycles. The third kappa shape index (κ3) is 1.15. The number of allylic oxidation sites excluding steroid dienone is 1. The lowest BCUT2D eigenvalue weighted by molar-refractivity contribution is -0.328. The van der Waals surface area contributed by atoms with Crippen LogP contribution in [0.15, 0.2) is 36.0 Å². The van der Waals surface area contributed by atoms with Crippen LogP contribution in [0.5, 0.6) is 0 Å². The van der Waals surface area contributed by atoms with Crippen molar-refractivity contribution in [3.05, 3.63) is 36.0 Å². The van der Waals surface area contributed by atoms with E-state index in [4.69, 9.17) is 14.5 Å². The average molecular weight is 260 g/mol. The summed E-state index contributed by atoms with van der Waals surface area (Å²) in [5.74, 6) is -0.293. The Bertz CT molecular complexity index is 560. The Morgan fingerprint density at radius 2 is 2.16 bits per heavy atom. The third-order valence-corrected chi connectivity index (χ3v) is 5.07. The largest absolute Gasteiger partial charge is 0.458 e. The van der Waals surface area contributed by atoms with Crippen LogP contribution in [0.1, 0.15) is 20.3 Å². The monoisotopic (exact) mass is 260 g/mol. The van der Waals surface area contributed by atoms with Gasteiger partial charge < -0.3 is 4.74 Å². The number of carbonyl (C=O) groups is 1. The summed E-state index contributed by atoms with van der Waals surface area (Å²) >= 11 is 0. The highest BCUT2D eigenvalue weighted by molar-refractivity contribution is 5.91. The minimum Gasteiger partial charge on any atom is -0.458 e. The molecule has 4 heteroatoms. The van der Waals surface area contributed by atoms with E-state index in [0.717, 1.165) is 12.0 Å². The first kappa shape index (κ1) is 11.4. The van der Waals surface area contributed by atoms with Crippen LogP contribution in [0.4, 0.5) is 0 Å². The first-order valence-electron chi connectivity index (χ1n) is 6.62. The van der Waals surface area contributed by atoms with Crippen LogP contribution in [0.3, 0.4) is 0 Å². The number of hydrogen-bond donors (Lipinski definition) is 0. The molecule has 0 radical (unpaired) electrons. The standard InChI is InChI=1S/C15H16O4/c1-8-4-5-10-9(2)13(16)17-11(10)12-14(3)6-7-15(8,12)19-18-14/h4,6-7,10-12H,2,5H2,1,3H3. The van der Waals surface area contributed by atoms with Gasteiger partial charge in [-0.15, -0.1) is 0 Å². The van der Waals surface area contributed by atoms with E-state index in [-0.39, 0.29) is 23.9 Å². The Hall–Kier alpha value is -1.39. The van der Waals surface area contributed by atoms with Crippen LogP contribution in [0.25, 0.3) is 0 Å². The Balaban J connectivity index is 1.89. The predicted molar refractivity (Wildman–Crippen MR) is 66.8 cm³/mol. The zero-order chi connectivity index (χ0) is 13.4. The second-order valence-electron chi connectivity index (χ2n) is 6.08. The van der Waals surface area contributed by atoms with Gasteiger partial charge >= 0.3 is 5.97 Å². The van der Waals surface area contributed by atoms with Crippen LogP contribution >= 0.6 is 0 Å². The SMILES string of the molecule is C=C1C(=O)OC2C1CC=C(C)C13C=CC(C)(OO1)C23. The summed E-state index contributed by atoms with van der Waals surface area (Å²) in [5, 5.41) is 0. The first-order valence-corrected chi connectivity index (χ1v) is 6.62. The fourth-order valence-electron chi connectivity index (χ4n) is 3.92. The predicted octanol–water partition coefficient (Wildman–Crippen LogP) is 2.08. The Labute approximate surface area is 111 Å². The van der Waals surface area contributed by atoms with Crippen molar-refractivity contribution >= 4 is 5.97 Å². The lowest BCUT2D eigenvalue weighted by atomic mass is 9.74. The Kier molecular flexibility index (Phi) is 1.92. The highest BCUT2D eigenvalue weighted by Gasteiger charge is 2.68. The number of ether oxygens (including phenoxy) is 1. The Morgan fingerprint density at radius 3 is 2.84 bits per heavy atom. The maximum atomic E-state index is 11.8. The summed E-state index contributed by atoms with van der Waals surface area (Å²) in [6.45, 7) is 7.91. The van der Waals surface area contributed by atoms with E-state index in [9.17, 15) is 4.79 Å². The van der Waals surface area contributed by atoms with Crippen molar-refractivity contribution in [2.45, 2.75) is 37.6 Å². The summed E-state index contributed by atoms with van der Waals surface area (Å²) in [6, 6.07) is 0. The summed E-state index contributed by atoms with van der Waals surface area (Å²) in [4.78, 5) is 23.0. The zero-order valence-corrected chi connectivity index (χ0v) is 11.0. The fraction of sp³-hybridized carbons (Fsp3) is 0.533. The molecule has 2 fully saturated rings. The molecule has 0 aromatic rings. The lowest BCUT2D eigenvalue weighted by Gasteiger charge is -2.32. The van der Waals surface area contributed by atoms with E-state index in [1.807, 2.05) is 26.0 Å². The molecule has 2 saturated heterocycles. The van der Waals surface area contributed by atoms with E-state index < -0.39 is 11.2 Å². The smallest absolute Gasteiger partial charge is 0.334 e. The molecule has 100 valence electrons. The van der Waals surface area contributed by atoms with Gasteiger partial charge in [0.1, 0.15) is 11.7 Å². The molecule has 0 aromatic heterocycles. The molecule has 0 saturated carbocycles. The molecule has 2 aliphatic carbocycles. The molecule has 5 unspecified atom stereocenters. The van der Waals surface area contributed by atoms with Crippen molar-refractivity contribution < 1.29 is 19.3 Å². The van der Waals surface area contributed by atoms with Crippen molar-refractivity contribution in [3.8, 4) is 0 Å². The number of esters is 1. The molecule has 0 amide bonds. The molecule has 4 rings (SSSR count). The maximum absolute atomic E-state index is 11.8. The molecule has 2 aliphatic heterocycles. The highest BCUT2D eigenvalue weighted by atomic mass is 17.2. The zero-order valence-electron chi connectivity index (χ0n) is 11.0. The van der Waals surface area contributed by atoms with Crippen molar-refractivity contribution in [1.29, 1.82) is 0 Å². The second kappa shape index (κ2) is 3.19. The minimum absolute atomic E-state index is 0.0267. The number of hydrogen-bond acceptors (Lipinski definition) is 4. The van der Waals surface area contributed by atoms with Gasteiger partial charge in [-0.1, -0.05) is 18.7 Å². The van der Waals surface area contributed by atoms with Crippen LogP contribution in [-0.2, 0) is 19.3 Å². The average Bonchev–Trinajstić information content (AvgIpc) is 2.91. The molecule has 5 atom stereocenters. The van der Waals surface area contributed by atoms with Crippen LogP contribution in [0, 0.1) is 11.8 Å². The van der Waals surface area contributed by atoms with Gasteiger partial charge in [0, 0.05) is 11.5 Å². The molecular formula is C15H16O4. The number of rotatable bonds is 0. The van der Waals surface area contributed by atoms with Gasteiger partial charge in [-0.25, -0.2) is 14.6 Å². The van der Waals surface area contributed by atoms with E-state index >= 15 is 0 Å². The molecule has 2 heterocycles. The van der Waals surface area contributed by atoms with Gasteiger partial charge in [-0.2, -0.15) is 0 Å². The summed E-state index contributed by atoms with van der Waals surface area (Å²) in [7, 11) is 0. The minimum atomic E-state index is -0.584. The molecule has 0 spiro atoms. The van der Waals surface area contributed by atoms with Crippen molar-refractivity contribution in [2.24, 2.45) is 11.8 Å². The summed E-state index contributed by atoms with van der Waals surface area (Å²) in [6.07, 6.45) is 6.73. The quantitative estimate of drug-likeness (QED) is 0.289. The molecule has 2 bridgehead atoms. The van der Waals surface area contributed by atoms with E-state index in [0.29, 0.717) is 5.57 Å². The van der Waals surface area contributed by atoms with Gasteiger partial charge in [0.25, 0.3) is 0 Å². The van der Waals surface area contributed by atoms with Gasteiger partial charge in [0.15, 0.2) is 5.60 Å². The first-order chi connectivity index (χ1) is 8.98. The van der Waals surface area contributed by atoms with E-state index in [1.54, 1.807) is 0 Å². The fourth-order valence-corrected chi connectivity index (χ4v) is 3.92. The Morgan fingerprint density at radius 1 is 1.37 bits per heavy atom. The maximum Gasteiger partial charge on any atom is 0.334 e. The van der Waals surface area contributed by atoms with Gasteiger partial charge in [0.05, 0.1) is 5.92 Å². The molecule has 4 nitrogen and oxygen atoms in total. The van der Waals surface area contributed by atoms with Gasteiger partial charge in [-0.3, -0.25) is 0 Å². The summed E-state index contributed by atoms with van der Waals surface area (Å²) < 4.78 is 5.59. The number of carbonyl (C=O) groups excluding carboxylic acids is 1. The van der Waals surface area contributed by atoms with Crippen molar-refractivity contribution in [1.82, 2.24) is 0 Å². The van der Waals surface area contributed by atoms with Crippen LogP contribution in [0.2, 0.25) is 0 Å². The highest BCUT2D eigenvalue weighted by Crippen LogP contribution is 2.58. The van der Waals surface area contributed by atoms with E-state index in [1.165, 1.54) is 0 Å². The van der Waals surface area contributed by atoms with Gasteiger partial charge in [0.2, 0.25) is 0 Å². The van der Waals surface area contributed by atoms with Gasteiger partial charge in [-0.05, 0) is 31.9 Å². The summed E-state index contributed by atoms with van der Waals surface area (Å²) in [5.41, 5.74) is 0.570. The van der Waals surface area contributed by atoms with Crippen LogP contribution < -0.4 is 0 Å². The van der Waals surface area contributed by atoms with E-state index in [2.05, 4.69) is 12.7 Å². The van der Waals surface area contributed by atoms with Crippen molar-refractivity contribution in [3.63, 3.8) is 0 Å². The van der Waals surface area contributed by atoms with Crippen molar-refractivity contribution in [2.75, 3.05) is 0 Å². The third-order valence-electron chi connectivity index (χ3n) is 5.07. The second-order valence-corrected chi connectivity index (χ2v) is 6.08. The molecular weight excluding hydrogens is 244 g/mol. The molecule has 0 N–H and O–H groups in total. The topological polar surface area (TPSA) is 44.8 Å². The molecule has 4 aliphatic rings.